The minimum absolute atomic E-state index is 0.151. The zero-order valence-electron chi connectivity index (χ0n) is 13.2. The Morgan fingerprint density at radius 2 is 1.81 bits per heavy atom. The molecule has 0 radical (unpaired) electrons. The summed E-state index contributed by atoms with van der Waals surface area (Å²) in [6.07, 6.45) is 0. The Bertz CT molecular complexity index is 477. The van der Waals surface area contributed by atoms with Crippen molar-refractivity contribution in [2.75, 3.05) is 20.3 Å². The second kappa shape index (κ2) is 8.00. The van der Waals surface area contributed by atoms with E-state index in [1.165, 1.54) is 5.56 Å². The number of hydrogen-bond acceptors (Lipinski definition) is 3. The average molecular weight is 307 g/mol. The molecule has 0 spiro atoms. The van der Waals surface area contributed by atoms with Gasteiger partial charge in [0.1, 0.15) is 0 Å². The lowest BCUT2D eigenvalue weighted by atomic mass is 9.86. The van der Waals surface area contributed by atoms with Gasteiger partial charge in [0, 0.05) is 13.7 Å². The quantitative estimate of drug-likeness (QED) is 0.428. The summed E-state index contributed by atoms with van der Waals surface area (Å²) >= 11 is 5.12. The van der Waals surface area contributed by atoms with Crippen molar-refractivity contribution in [2.45, 2.75) is 26.2 Å². The van der Waals surface area contributed by atoms with E-state index >= 15 is 0 Å². The molecule has 5 heteroatoms. The van der Waals surface area contributed by atoms with Gasteiger partial charge >= 0.3 is 0 Å². The lowest BCUT2D eigenvalue weighted by Gasteiger charge is -2.20. The summed E-state index contributed by atoms with van der Waals surface area (Å²) in [5.41, 5.74) is 9.13. The molecule has 1 aromatic carbocycles. The molecule has 21 heavy (non-hydrogen) atoms. The van der Waals surface area contributed by atoms with Crippen molar-refractivity contribution in [1.82, 2.24) is 16.2 Å². The fourth-order valence-electron chi connectivity index (χ4n) is 1.69. The highest BCUT2D eigenvalue weighted by molar-refractivity contribution is 7.80. The van der Waals surface area contributed by atoms with Crippen LogP contribution in [-0.2, 0) is 10.2 Å². The maximum Gasteiger partial charge on any atom is 0.185 e. The Kier molecular flexibility index (Phi) is 6.65. The molecule has 0 saturated carbocycles. The van der Waals surface area contributed by atoms with Gasteiger partial charge in [-0.05, 0) is 28.8 Å². The Hall–Kier alpha value is -1.59. The molecule has 0 aliphatic carbocycles. The van der Waals surface area contributed by atoms with Gasteiger partial charge in [0.25, 0.3) is 0 Å². The molecule has 0 aliphatic rings. The van der Waals surface area contributed by atoms with Gasteiger partial charge in [0.2, 0.25) is 0 Å². The van der Waals surface area contributed by atoms with E-state index in [2.05, 4.69) is 67.8 Å². The van der Waals surface area contributed by atoms with E-state index in [4.69, 9.17) is 17.0 Å². The molecular weight excluding hydrogens is 282 g/mol. The maximum absolute atomic E-state index is 5.12. The van der Waals surface area contributed by atoms with Crippen LogP contribution in [0.5, 0.6) is 0 Å². The minimum atomic E-state index is 0.151. The van der Waals surface area contributed by atoms with Gasteiger partial charge in [-0.2, -0.15) is 0 Å². The molecule has 0 fully saturated rings. The number of ether oxygens (including phenoxy) is 1. The summed E-state index contributed by atoms with van der Waals surface area (Å²) in [4.78, 5) is 0. The number of hydrazine groups is 1. The molecule has 0 aliphatic heterocycles. The average Bonchev–Trinajstić information content (AvgIpc) is 2.44. The van der Waals surface area contributed by atoms with E-state index in [1.807, 2.05) is 0 Å². The Labute approximate surface area is 132 Å². The number of thiocarbonyl (C=S) groups is 1. The summed E-state index contributed by atoms with van der Waals surface area (Å²) < 4.78 is 4.94. The van der Waals surface area contributed by atoms with Crippen molar-refractivity contribution in [2.24, 2.45) is 0 Å². The van der Waals surface area contributed by atoms with Gasteiger partial charge < -0.3 is 10.1 Å². The predicted octanol–water partition coefficient (Wildman–Crippen LogP) is 2.57. The van der Waals surface area contributed by atoms with Crippen molar-refractivity contribution in [3.63, 3.8) is 0 Å². The van der Waals surface area contributed by atoms with Crippen LogP contribution >= 0.6 is 12.2 Å². The molecule has 0 aromatic heterocycles. The van der Waals surface area contributed by atoms with Crippen LogP contribution in [-0.4, -0.2) is 25.4 Å². The molecule has 3 N–H and O–H groups in total. The van der Waals surface area contributed by atoms with Gasteiger partial charge in [-0.25, -0.2) is 0 Å². The molecule has 0 bridgehead atoms. The van der Waals surface area contributed by atoms with Crippen LogP contribution in [0.25, 0.3) is 5.70 Å². The number of rotatable bonds is 6. The molecule has 0 saturated heterocycles. The third kappa shape index (κ3) is 6.14. The van der Waals surface area contributed by atoms with Gasteiger partial charge in [-0.1, -0.05) is 51.6 Å². The molecule has 1 rings (SSSR count). The zero-order chi connectivity index (χ0) is 15.9. The lowest BCUT2D eigenvalue weighted by Crippen LogP contribution is -2.43. The summed E-state index contributed by atoms with van der Waals surface area (Å²) in [5.74, 6) is 0. The van der Waals surface area contributed by atoms with E-state index < -0.39 is 0 Å². The van der Waals surface area contributed by atoms with Crippen LogP contribution in [0.1, 0.15) is 31.9 Å². The molecule has 0 atom stereocenters. The van der Waals surface area contributed by atoms with Crippen LogP contribution in [0.15, 0.2) is 30.8 Å². The summed E-state index contributed by atoms with van der Waals surface area (Å²) in [7, 11) is 1.65. The minimum Gasteiger partial charge on any atom is -0.383 e. The van der Waals surface area contributed by atoms with Crippen LogP contribution in [0.2, 0.25) is 0 Å². The van der Waals surface area contributed by atoms with Crippen molar-refractivity contribution in [1.29, 1.82) is 0 Å². The number of benzene rings is 1. The summed E-state index contributed by atoms with van der Waals surface area (Å²) in [6.45, 7) is 11.9. The van der Waals surface area contributed by atoms with E-state index in [1.54, 1.807) is 7.11 Å². The third-order valence-corrected chi connectivity index (χ3v) is 3.26. The number of hydrogen-bond donors (Lipinski definition) is 3. The number of nitrogens with one attached hydrogen (secondary N) is 3. The van der Waals surface area contributed by atoms with Crippen molar-refractivity contribution in [3.8, 4) is 0 Å². The van der Waals surface area contributed by atoms with Crippen molar-refractivity contribution >= 4 is 23.0 Å². The second-order valence-electron chi connectivity index (χ2n) is 5.80. The van der Waals surface area contributed by atoms with E-state index in [-0.39, 0.29) is 5.41 Å². The molecule has 0 amide bonds. The zero-order valence-corrected chi connectivity index (χ0v) is 14.1. The lowest BCUT2D eigenvalue weighted by molar-refractivity contribution is 0.204. The highest BCUT2D eigenvalue weighted by Gasteiger charge is 2.13. The Morgan fingerprint density at radius 3 is 2.33 bits per heavy atom. The van der Waals surface area contributed by atoms with Gasteiger partial charge in [-0.15, -0.1) is 0 Å². The summed E-state index contributed by atoms with van der Waals surface area (Å²) in [6, 6.07) is 8.35. The first-order chi connectivity index (χ1) is 9.84. The van der Waals surface area contributed by atoms with Crippen molar-refractivity contribution < 1.29 is 4.74 Å². The van der Waals surface area contributed by atoms with Gasteiger partial charge in [0.05, 0.1) is 12.3 Å². The van der Waals surface area contributed by atoms with Crippen LogP contribution in [0.4, 0.5) is 0 Å². The largest absolute Gasteiger partial charge is 0.383 e. The molecule has 1 aromatic rings. The van der Waals surface area contributed by atoms with Crippen LogP contribution in [0, 0.1) is 0 Å². The number of methoxy groups -OCH3 is 1. The van der Waals surface area contributed by atoms with Crippen LogP contribution < -0.4 is 16.2 Å². The SMILES string of the molecule is C=C(NNC(=S)NCCOC)c1ccc(C(C)(C)C)cc1. The van der Waals surface area contributed by atoms with E-state index in [0.29, 0.717) is 18.3 Å². The fraction of sp³-hybridized carbons (Fsp3) is 0.438. The third-order valence-electron chi connectivity index (χ3n) is 3.02. The van der Waals surface area contributed by atoms with Gasteiger partial charge in [-0.3, -0.25) is 10.9 Å². The topological polar surface area (TPSA) is 45.3 Å². The first-order valence-corrected chi connectivity index (χ1v) is 7.34. The molecule has 116 valence electrons. The Balaban J connectivity index is 2.47. The summed E-state index contributed by atoms with van der Waals surface area (Å²) in [5, 5.41) is 3.52. The molecular formula is C16H25N3OS. The molecule has 0 heterocycles. The van der Waals surface area contributed by atoms with Gasteiger partial charge in [0.15, 0.2) is 5.11 Å². The predicted molar refractivity (Wildman–Crippen MR) is 92.9 cm³/mol. The fourth-order valence-corrected chi connectivity index (χ4v) is 1.84. The first-order valence-electron chi connectivity index (χ1n) is 6.93. The highest BCUT2D eigenvalue weighted by Crippen LogP contribution is 2.23. The molecule has 0 unspecified atom stereocenters. The van der Waals surface area contributed by atoms with Crippen molar-refractivity contribution in [3.05, 3.63) is 42.0 Å². The highest BCUT2D eigenvalue weighted by atomic mass is 32.1. The van der Waals surface area contributed by atoms with Crippen LogP contribution in [0.3, 0.4) is 0 Å². The monoisotopic (exact) mass is 307 g/mol. The second-order valence-corrected chi connectivity index (χ2v) is 6.21. The Morgan fingerprint density at radius 1 is 1.19 bits per heavy atom. The van der Waals surface area contributed by atoms with E-state index in [0.717, 1.165) is 11.3 Å². The molecule has 4 nitrogen and oxygen atoms in total. The normalized spacial score (nSPS) is 10.9. The standard InChI is InChI=1S/C16H25N3OS/c1-12(18-19-15(21)17-10-11-20-5)13-6-8-14(9-7-13)16(2,3)4/h6-9,18H,1,10-11H2,2-5H3,(H2,17,19,21). The first kappa shape index (κ1) is 17.5. The maximum atomic E-state index is 5.12. The van der Waals surface area contributed by atoms with E-state index in [9.17, 15) is 0 Å². The smallest absolute Gasteiger partial charge is 0.185 e.